The second kappa shape index (κ2) is 9.08. The van der Waals surface area contributed by atoms with Crippen LogP contribution in [0.5, 0.6) is 5.75 Å². The predicted octanol–water partition coefficient (Wildman–Crippen LogP) is 3.36. The summed E-state index contributed by atoms with van der Waals surface area (Å²) in [5.74, 6) is 0.687. The zero-order valence-electron chi connectivity index (χ0n) is 14.9. The van der Waals surface area contributed by atoms with Crippen molar-refractivity contribution in [3.63, 3.8) is 0 Å². The maximum absolute atomic E-state index is 10.7. The number of nitrogens with one attached hydrogen (secondary N) is 1. The molecule has 2 aromatic carbocycles. The third-order valence-corrected chi connectivity index (χ3v) is 5.20. The summed E-state index contributed by atoms with van der Waals surface area (Å²) in [6, 6.07) is 17.2. The van der Waals surface area contributed by atoms with Crippen LogP contribution in [-0.2, 0) is 6.54 Å². The van der Waals surface area contributed by atoms with Crippen molar-refractivity contribution in [3.8, 4) is 5.75 Å². The molecular weight excluding hydrogens is 366 g/mol. The second-order valence-corrected chi connectivity index (χ2v) is 7.31. The van der Waals surface area contributed by atoms with Gasteiger partial charge in [-0.3, -0.25) is 10.2 Å². The summed E-state index contributed by atoms with van der Waals surface area (Å²) >= 11 is 6.41. The van der Waals surface area contributed by atoms with Gasteiger partial charge in [0.15, 0.2) is 0 Å². The fourth-order valence-electron chi connectivity index (χ4n) is 3.25. The molecule has 2 aromatic rings. The number of carboxylic acid groups (broad SMARTS) is 1. The van der Waals surface area contributed by atoms with E-state index in [2.05, 4.69) is 22.3 Å². The highest BCUT2D eigenvalue weighted by molar-refractivity contribution is 6.21. The van der Waals surface area contributed by atoms with E-state index < -0.39 is 6.09 Å². The first kappa shape index (κ1) is 19.5. The number of anilines is 1. The molecular formula is C20H24ClN3O3. The Morgan fingerprint density at radius 3 is 2.59 bits per heavy atom. The fourth-order valence-corrected chi connectivity index (χ4v) is 3.54. The van der Waals surface area contributed by atoms with Crippen LogP contribution >= 0.6 is 11.6 Å². The van der Waals surface area contributed by atoms with Crippen LogP contribution in [0.1, 0.15) is 12.0 Å². The summed E-state index contributed by atoms with van der Waals surface area (Å²) in [5, 5.41) is 11.0. The number of nitrogens with zero attached hydrogens (tertiary/aromatic N) is 1. The number of halogens is 1. The van der Waals surface area contributed by atoms with E-state index in [1.54, 1.807) is 24.3 Å². The molecule has 1 heterocycles. The van der Waals surface area contributed by atoms with Crippen LogP contribution in [0.4, 0.5) is 10.5 Å². The van der Waals surface area contributed by atoms with Crippen LogP contribution in [0.15, 0.2) is 54.6 Å². The smallest absolute Gasteiger partial charge is 0.409 e. The summed E-state index contributed by atoms with van der Waals surface area (Å²) in [6.45, 7) is 2.01. The number of alkyl halides is 1. The summed E-state index contributed by atoms with van der Waals surface area (Å²) < 4.78 is 5.94. The summed E-state index contributed by atoms with van der Waals surface area (Å²) in [4.78, 5) is 13.0. The lowest BCUT2D eigenvalue weighted by molar-refractivity contribution is 0.0857. The van der Waals surface area contributed by atoms with Crippen LogP contribution in [0.25, 0.3) is 0 Å². The molecule has 1 aliphatic rings. The van der Waals surface area contributed by atoms with Crippen molar-refractivity contribution in [2.24, 2.45) is 5.73 Å². The number of hydrogen-bond acceptors (Lipinski definition) is 4. The Morgan fingerprint density at radius 1 is 1.22 bits per heavy atom. The topological polar surface area (TPSA) is 87.8 Å². The number of benzene rings is 2. The van der Waals surface area contributed by atoms with E-state index in [0.29, 0.717) is 18.0 Å². The van der Waals surface area contributed by atoms with E-state index in [0.717, 1.165) is 19.5 Å². The number of piperidine rings is 1. The van der Waals surface area contributed by atoms with Crippen molar-refractivity contribution in [1.29, 1.82) is 0 Å². The highest BCUT2D eigenvalue weighted by Crippen LogP contribution is 2.24. The molecule has 0 radical (unpaired) electrons. The minimum absolute atomic E-state index is 0.0620. The van der Waals surface area contributed by atoms with Crippen molar-refractivity contribution < 1.29 is 14.6 Å². The second-order valence-electron chi connectivity index (χ2n) is 6.75. The first-order chi connectivity index (χ1) is 13.0. The van der Waals surface area contributed by atoms with Crippen LogP contribution in [-0.4, -0.2) is 46.7 Å². The van der Waals surface area contributed by atoms with E-state index >= 15 is 0 Å². The van der Waals surface area contributed by atoms with Gasteiger partial charge in [-0.2, -0.15) is 0 Å². The van der Waals surface area contributed by atoms with Gasteiger partial charge in [0.2, 0.25) is 0 Å². The molecule has 0 spiro atoms. The lowest BCUT2D eigenvalue weighted by Crippen LogP contribution is -2.55. The maximum Gasteiger partial charge on any atom is 0.409 e. The molecule has 0 saturated carbocycles. The molecule has 3 atom stereocenters. The number of amides is 1. The maximum atomic E-state index is 10.7. The Hall–Kier alpha value is -2.28. The van der Waals surface area contributed by atoms with Crippen molar-refractivity contribution in [1.82, 2.24) is 4.90 Å². The van der Waals surface area contributed by atoms with Gasteiger partial charge in [0.25, 0.3) is 0 Å². The molecule has 0 aliphatic carbocycles. The van der Waals surface area contributed by atoms with Gasteiger partial charge >= 0.3 is 6.09 Å². The van der Waals surface area contributed by atoms with Crippen LogP contribution in [0, 0.1) is 0 Å². The Morgan fingerprint density at radius 2 is 1.93 bits per heavy atom. The molecule has 1 amide bonds. The van der Waals surface area contributed by atoms with Crippen molar-refractivity contribution in [2.45, 2.75) is 30.4 Å². The largest absolute Gasteiger partial charge is 0.492 e. The van der Waals surface area contributed by atoms with Gasteiger partial charge in [0, 0.05) is 30.9 Å². The van der Waals surface area contributed by atoms with Crippen molar-refractivity contribution >= 4 is 23.4 Å². The van der Waals surface area contributed by atoms with Gasteiger partial charge < -0.3 is 15.6 Å². The number of nitrogens with two attached hydrogens (primary N) is 1. The normalized spacial score (nSPS) is 23.0. The van der Waals surface area contributed by atoms with E-state index in [9.17, 15) is 4.79 Å². The lowest BCUT2D eigenvalue weighted by atomic mass is 9.98. The quantitative estimate of drug-likeness (QED) is 0.659. The molecule has 7 heteroatoms. The van der Waals surface area contributed by atoms with E-state index in [1.807, 2.05) is 18.2 Å². The molecule has 1 fully saturated rings. The Bertz CT molecular complexity index is 742. The minimum atomic E-state index is -1.09. The first-order valence-electron chi connectivity index (χ1n) is 8.91. The number of ether oxygens (including phenoxy) is 1. The SMILES string of the molecule is NC1CN(Cc2ccccc2)C(COc2ccc(NC(=O)O)cc2)CC1Cl. The molecule has 1 aliphatic heterocycles. The molecule has 144 valence electrons. The molecule has 27 heavy (non-hydrogen) atoms. The molecule has 1 saturated heterocycles. The molecule has 3 unspecified atom stereocenters. The van der Waals surface area contributed by atoms with Gasteiger partial charge in [-0.05, 0) is 36.2 Å². The first-order valence-corrected chi connectivity index (χ1v) is 9.35. The van der Waals surface area contributed by atoms with Gasteiger partial charge in [-0.1, -0.05) is 30.3 Å². The van der Waals surface area contributed by atoms with E-state index in [4.69, 9.17) is 27.2 Å². The third kappa shape index (κ3) is 5.60. The molecule has 4 N–H and O–H groups in total. The number of rotatable bonds is 6. The van der Waals surface area contributed by atoms with Gasteiger partial charge in [0.05, 0.1) is 5.38 Å². The number of carbonyl (C=O) groups is 1. The average molecular weight is 390 g/mol. The standard InChI is InChI=1S/C20H24ClN3O3/c21-18-10-16(13-27-17-8-6-15(7-9-17)23-20(25)26)24(12-19(18)22)11-14-4-2-1-3-5-14/h1-9,16,18-19,23H,10-13,22H2,(H,25,26). The Balaban J connectivity index is 1.62. The molecule has 6 nitrogen and oxygen atoms in total. The minimum Gasteiger partial charge on any atom is -0.492 e. The number of likely N-dealkylation sites (tertiary alicyclic amines) is 1. The van der Waals surface area contributed by atoms with Gasteiger partial charge in [-0.15, -0.1) is 11.6 Å². The molecule has 0 aromatic heterocycles. The monoisotopic (exact) mass is 389 g/mol. The van der Waals surface area contributed by atoms with Crippen molar-refractivity contribution in [2.75, 3.05) is 18.5 Å². The van der Waals surface area contributed by atoms with Crippen molar-refractivity contribution in [3.05, 3.63) is 60.2 Å². The predicted molar refractivity (Wildman–Crippen MR) is 106 cm³/mol. The fraction of sp³-hybridized carbons (Fsp3) is 0.350. The molecule has 0 bridgehead atoms. The highest BCUT2D eigenvalue weighted by atomic mass is 35.5. The van der Waals surface area contributed by atoms with E-state index in [-0.39, 0.29) is 17.5 Å². The van der Waals surface area contributed by atoms with Crippen LogP contribution in [0.2, 0.25) is 0 Å². The van der Waals surface area contributed by atoms with Crippen LogP contribution in [0.3, 0.4) is 0 Å². The Kier molecular flexibility index (Phi) is 6.55. The van der Waals surface area contributed by atoms with E-state index in [1.165, 1.54) is 5.56 Å². The highest BCUT2D eigenvalue weighted by Gasteiger charge is 2.33. The zero-order valence-corrected chi connectivity index (χ0v) is 15.7. The van der Waals surface area contributed by atoms with Gasteiger partial charge in [-0.25, -0.2) is 4.79 Å². The lowest BCUT2D eigenvalue weighted by Gasteiger charge is -2.40. The summed E-state index contributed by atoms with van der Waals surface area (Å²) in [6.07, 6.45) is -0.333. The number of hydrogen-bond donors (Lipinski definition) is 3. The Labute approximate surface area is 163 Å². The summed E-state index contributed by atoms with van der Waals surface area (Å²) in [5.41, 5.74) is 7.91. The summed E-state index contributed by atoms with van der Waals surface area (Å²) in [7, 11) is 0. The van der Waals surface area contributed by atoms with Gasteiger partial charge in [0.1, 0.15) is 12.4 Å². The zero-order chi connectivity index (χ0) is 19.2. The average Bonchev–Trinajstić information content (AvgIpc) is 2.65. The van der Waals surface area contributed by atoms with Crippen LogP contribution < -0.4 is 15.8 Å². The third-order valence-electron chi connectivity index (χ3n) is 4.70. The molecule has 3 rings (SSSR count).